The van der Waals surface area contributed by atoms with Crippen molar-refractivity contribution in [2.45, 2.75) is 6.92 Å². The first-order valence-electron chi connectivity index (χ1n) is 8.82. The number of thiazole rings is 1. The average Bonchev–Trinajstić information content (AvgIpc) is 3.32. The van der Waals surface area contributed by atoms with Crippen LogP contribution in [0.2, 0.25) is 0 Å². The van der Waals surface area contributed by atoms with E-state index in [0.717, 1.165) is 51.8 Å². The smallest absolute Gasteiger partial charge is 0.188 e. The number of piperazine rings is 1. The monoisotopic (exact) mass is 399 g/mol. The van der Waals surface area contributed by atoms with Crippen molar-refractivity contribution >= 4 is 45.1 Å². The molecule has 1 saturated heterocycles. The topological polar surface area (TPSA) is 61.4 Å². The maximum atomic E-state index is 11.5. The third-order valence-corrected chi connectivity index (χ3v) is 6.84. The molecule has 0 unspecified atom stereocenters. The third kappa shape index (κ3) is 4.18. The first kappa shape index (κ1) is 18.1. The number of rotatable bonds is 5. The van der Waals surface area contributed by atoms with E-state index in [2.05, 4.69) is 44.3 Å². The molecule has 0 radical (unpaired) electrons. The standard InChI is InChI=1S/C19H21N5OS2/c1-13(25)15-3-4-16(26-15)17-12-21-19(27-17)22-18-11-14(5-6-20-18)24-9-7-23(2)8-10-24/h3-6,11-12H,7-10H2,1-2H3,(H,20,21,22). The predicted molar refractivity (Wildman–Crippen MR) is 113 cm³/mol. The lowest BCUT2D eigenvalue weighted by molar-refractivity contribution is 0.102. The molecular weight excluding hydrogens is 378 g/mol. The van der Waals surface area contributed by atoms with Gasteiger partial charge in [-0.25, -0.2) is 9.97 Å². The molecule has 4 rings (SSSR count). The number of thiophene rings is 1. The highest BCUT2D eigenvalue weighted by Crippen LogP contribution is 2.35. The van der Waals surface area contributed by atoms with Crippen LogP contribution in [0, 0.1) is 0 Å². The number of ketones is 1. The second kappa shape index (κ2) is 7.75. The van der Waals surface area contributed by atoms with Crippen LogP contribution in [0.15, 0.2) is 36.7 Å². The van der Waals surface area contributed by atoms with Gasteiger partial charge in [-0.2, -0.15) is 0 Å². The molecule has 6 nitrogen and oxygen atoms in total. The fourth-order valence-corrected chi connectivity index (χ4v) is 4.76. The van der Waals surface area contributed by atoms with E-state index >= 15 is 0 Å². The number of hydrogen-bond donors (Lipinski definition) is 1. The summed E-state index contributed by atoms with van der Waals surface area (Å²) in [5, 5.41) is 4.11. The van der Waals surface area contributed by atoms with Gasteiger partial charge in [-0.15, -0.1) is 11.3 Å². The number of Topliss-reactive ketones (excluding diaryl/α,β-unsaturated/α-hetero) is 1. The second-order valence-electron chi connectivity index (χ2n) is 6.56. The molecule has 0 saturated carbocycles. The zero-order valence-corrected chi connectivity index (χ0v) is 16.9. The minimum Gasteiger partial charge on any atom is -0.369 e. The van der Waals surface area contributed by atoms with Gasteiger partial charge < -0.3 is 15.1 Å². The summed E-state index contributed by atoms with van der Waals surface area (Å²) >= 11 is 3.07. The molecule has 0 aliphatic carbocycles. The highest BCUT2D eigenvalue weighted by Gasteiger charge is 2.15. The van der Waals surface area contributed by atoms with Gasteiger partial charge in [-0.05, 0) is 32.2 Å². The quantitative estimate of drug-likeness (QED) is 0.655. The van der Waals surface area contributed by atoms with Gasteiger partial charge in [0, 0.05) is 55.2 Å². The molecule has 0 amide bonds. The Morgan fingerprint density at radius 2 is 1.89 bits per heavy atom. The van der Waals surface area contributed by atoms with E-state index < -0.39 is 0 Å². The van der Waals surface area contributed by atoms with Crippen molar-refractivity contribution in [3.05, 3.63) is 41.5 Å². The maximum Gasteiger partial charge on any atom is 0.188 e. The zero-order valence-electron chi connectivity index (χ0n) is 15.3. The van der Waals surface area contributed by atoms with Crippen molar-refractivity contribution < 1.29 is 4.79 Å². The summed E-state index contributed by atoms with van der Waals surface area (Å²) in [6.07, 6.45) is 3.68. The lowest BCUT2D eigenvalue weighted by Gasteiger charge is -2.34. The fourth-order valence-electron chi connectivity index (χ4n) is 2.96. The van der Waals surface area contributed by atoms with Crippen LogP contribution in [0.1, 0.15) is 16.6 Å². The van der Waals surface area contributed by atoms with Crippen LogP contribution >= 0.6 is 22.7 Å². The molecule has 1 N–H and O–H groups in total. The highest BCUT2D eigenvalue weighted by atomic mass is 32.1. The van der Waals surface area contributed by atoms with Gasteiger partial charge in [0.15, 0.2) is 10.9 Å². The summed E-state index contributed by atoms with van der Waals surface area (Å²) in [5.41, 5.74) is 1.18. The minimum absolute atomic E-state index is 0.0963. The van der Waals surface area contributed by atoms with Gasteiger partial charge in [-0.1, -0.05) is 11.3 Å². The van der Waals surface area contributed by atoms with Crippen LogP contribution in [0.4, 0.5) is 16.6 Å². The molecule has 140 valence electrons. The Kier molecular flexibility index (Phi) is 5.20. The average molecular weight is 400 g/mol. The lowest BCUT2D eigenvalue weighted by Crippen LogP contribution is -2.44. The number of anilines is 3. The molecular formula is C19H21N5OS2. The Labute approximate surface area is 166 Å². The van der Waals surface area contributed by atoms with Crippen LogP contribution in [0.5, 0.6) is 0 Å². The van der Waals surface area contributed by atoms with Gasteiger partial charge in [0.2, 0.25) is 0 Å². The van der Waals surface area contributed by atoms with E-state index in [-0.39, 0.29) is 5.78 Å². The Hall–Kier alpha value is -2.29. The molecule has 0 bridgehead atoms. The summed E-state index contributed by atoms with van der Waals surface area (Å²) < 4.78 is 0. The summed E-state index contributed by atoms with van der Waals surface area (Å²) in [5.74, 6) is 0.891. The van der Waals surface area contributed by atoms with Gasteiger partial charge in [0.1, 0.15) is 5.82 Å². The van der Waals surface area contributed by atoms with Gasteiger partial charge in [0.25, 0.3) is 0 Å². The molecule has 0 aromatic carbocycles. The Morgan fingerprint density at radius 3 is 2.63 bits per heavy atom. The Bertz CT molecular complexity index is 943. The van der Waals surface area contributed by atoms with E-state index in [1.807, 2.05) is 24.5 Å². The first-order chi connectivity index (χ1) is 13.1. The molecule has 1 aliphatic heterocycles. The van der Waals surface area contributed by atoms with Crippen LogP contribution in [-0.4, -0.2) is 53.9 Å². The molecule has 3 aromatic heterocycles. The molecule has 3 aromatic rings. The highest BCUT2D eigenvalue weighted by molar-refractivity contribution is 7.24. The number of likely N-dealkylation sites (N-methyl/N-ethyl adjacent to an activating group) is 1. The molecule has 4 heterocycles. The van der Waals surface area contributed by atoms with E-state index in [0.29, 0.717) is 0 Å². The summed E-state index contributed by atoms with van der Waals surface area (Å²) in [6, 6.07) is 7.98. The molecule has 0 spiro atoms. The van der Waals surface area contributed by atoms with E-state index in [9.17, 15) is 4.79 Å². The molecule has 27 heavy (non-hydrogen) atoms. The zero-order chi connectivity index (χ0) is 18.8. The van der Waals surface area contributed by atoms with E-state index in [4.69, 9.17) is 0 Å². The number of nitrogens with zero attached hydrogens (tertiary/aromatic N) is 4. The van der Waals surface area contributed by atoms with Crippen molar-refractivity contribution in [3.63, 3.8) is 0 Å². The number of pyridine rings is 1. The summed E-state index contributed by atoms with van der Waals surface area (Å²) in [7, 11) is 2.16. The van der Waals surface area contributed by atoms with Crippen LogP contribution in [-0.2, 0) is 0 Å². The lowest BCUT2D eigenvalue weighted by atomic mass is 10.2. The largest absolute Gasteiger partial charge is 0.369 e. The van der Waals surface area contributed by atoms with Crippen LogP contribution in [0.25, 0.3) is 9.75 Å². The number of hydrogen-bond acceptors (Lipinski definition) is 8. The summed E-state index contributed by atoms with van der Waals surface area (Å²) in [6.45, 7) is 5.79. The van der Waals surface area contributed by atoms with Crippen molar-refractivity contribution in [2.24, 2.45) is 0 Å². The molecule has 8 heteroatoms. The van der Waals surface area contributed by atoms with E-state index in [1.54, 1.807) is 18.3 Å². The van der Waals surface area contributed by atoms with E-state index in [1.165, 1.54) is 17.0 Å². The van der Waals surface area contributed by atoms with Crippen molar-refractivity contribution in [2.75, 3.05) is 43.4 Å². The van der Waals surface area contributed by atoms with Crippen molar-refractivity contribution in [1.29, 1.82) is 0 Å². The SMILES string of the molecule is CC(=O)c1ccc(-c2cnc(Nc3cc(N4CCN(C)CC4)ccn3)s2)s1. The molecule has 1 aliphatic rings. The minimum atomic E-state index is 0.0963. The van der Waals surface area contributed by atoms with Crippen LogP contribution in [0.3, 0.4) is 0 Å². The normalized spacial score (nSPS) is 15.1. The van der Waals surface area contributed by atoms with Gasteiger partial charge in [0.05, 0.1) is 9.75 Å². The van der Waals surface area contributed by atoms with Crippen molar-refractivity contribution in [1.82, 2.24) is 14.9 Å². The Morgan fingerprint density at radius 1 is 1.07 bits per heavy atom. The number of carbonyl (C=O) groups excluding carboxylic acids is 1. The third-order valence-electron chi connectivity index (χ3n) is 4.55. The van der Waals surface area contributed by atoms with Gasteiger partial charge in [-0.3, -0.25) is 4.79 Å². The fraction of sp³-hybridized carbons (Fsp3) is 0.316. The molecule has 0 atom stereocenters. The number of nitrogens with one attached hydrogen (secondary N) is 1. The number of aromatic nitrogens is 2. The second-order valence-corrected chi connectivity index (χ2v) is 8.68. The maximum absolute atomic E-state index is 11.5. The molecule has 1 fully saturated rings. The van der Waals surface area contributed by atoms with Crippen LogP contribution < -0.4 is 10.2 Å². The Balaban J connectivity index is 1.47. The van der Waals surface area contributed by atoms with Crippen molar-refractivity contribution in [3.8, 4) is 9.75 Å². The predicted octanol–water partition coefficient (Wildman–Crippen LogP) is 3.96. The van der Waals surface area contributed by atoms with Gasteiger partial charge >= 0.3 is 0 Å². The summed E-state index contributed by atoms with van der Waals surface area (Å²) in [4.78, 5) is 28.0. The first-order valence-corrected chi connectivity index (χ1v) is 10.5. The number of carbonyl (C=O) groups is 1.